The van der Waals surface area contributed by atoms with Gasteiger partial charge in [0, 0.05) is 10.3 Å². The van der Waals surface area contributed by atoms with Crippen LogP contribution in [-0.2, 0) is 21.2 Å². The Morgan fingerprint density at radius 3 is 2.44 bits per heavy atom. The summed E-state index contributed by atoms with van der Waals surface area (Å²) in [6.45, 7) is 0.0694. The van der Waals surface area contributed by atoms with E-state index >= 15 is 0 Å². The van der Waals surface area contributed by atoms with Crippen LogP contribution in [0.15, 0.2) is 58.8 Å². The van der Waals surface area contributed by atoms with Crippen molar-refractivity contribution >= 4 is 37.2 Å². The predicted molar refractivity (Wildman–Crippen MR) is 90.6 cm³/mol. The molecule has 0 unspecified atom stereocenters. The van der Waals surface area contributed by atoms with Gasteiger partial charge in [0.15, 0.2) is 0 Å². The molecule has 130 valence electrons. The maximum atomic E-state index is 12.5. The number of hydrogen-bond acceptors (Lipinski definition) is 5. The van der Waals surface area contributed by atoms with Crippen LogP contribution in [0, 0.1) is 0 Å². The number of fused-ring (bicyclic) bond motifs is 1. The molecule has 0 saturated heterocycles. The number of hydrogen-bond donors (Lipinski definition) is 0. The molecule has 1 heterocycles. The monoisotopic (exact) mass is 382 g/mol. The quantitative estimate of drug-likeness (QED) is 0.619. The van der Waals surface area contributed by atoms with E-state index in [1.807, 2.05) is 29.6 Å². The molecule has 0 aliphatic heterocycles. The summed E-state index contributed by atoms with van der Waals surface area (Å²) >= 11 is 1.54. The molecule has 0 atom stereocenters. The number of rotatable bonds is 5. The number of alkyl halides is 2. The molecule has 0 aliphatic carbocycles. The van der Waals surface area contributed by atoms with Gasteiger partial charge < -0.3 is 4.74 Å². The van der Waals surface area contributed by atoms with Crippen LogP contribution >= 0.6 is 11.3 Å². The van der Waals surface area contributed by atoms with Gasteiger partial charge in [0.1, 0.15) is 6.61 Å². The second-order valence-corrected chi connectivity index (χ2v) is 7.99. The Bertz CT molecular complexity index is 1010. The van der Waals surface area contributed by atoms with Gasteiger partial charge in [-0.1, -0.05) is 18.2 Å². The fourth-order valence-electron chi connectivity index (χ4n) is 2.25. The molecule has 0 spiro atoms. The van der Waals surface area contributed by atoms with Crippen molar-refractivity contribution in [3.8, 4) is 0 Å². The van der Waals surface area contributed by atoms with E-state index in [2.05, 4.69) is 0 Å². The molecular formula is C17H12F2O4S2. The van der Waals surface area contributed by atoms with Gasteiger partial charge in [-0.25, -0.2) is 13.2 Å². The highest BCUT2D eigenvalue weighted by Gasteiger charge is 2.26. The maximum absolute atomic E-state index is 12.5. The van der Waals surface area contributed by atoms with Crippen molar-refractivity contribution in [2.75, 3.05) is 0 Å². The fraction of sp³-hybridized carbons (Fsp3) is 0.118. The lowest BCUT2D eigenvalue weighted by molar-refractivity contribution is 0.0474. The summed E-state index contributed by atoms with van der Waals surface area (Å²) in [4.78, 5) is 11.5. The first-order chi connectivity index (χ1) is 11.9. The zero-order valence-electron chi connectivity index (χ0n) is 12.7. The summed E-state index contributed by atoms with van der Waals surface area (Å²) in [6, 6.07) is 12.0. The van der Waals surface area contributed by atoms with Crippen molar-refractivity contribution in [1.82, 2.24) is 0 Å². The first-order valence-corrected chi connectivity index (χ1v) is 9.56. The molecule has 0 aliphatic rings. The third-order valence-corrected chi connectivity index (χ3v) is 5.98. The molecule has 3 aromatic rings. The van der Waals surface area contributed by atoms with Gasteiger partial charge in [-0.05, 0) is 41.1 Å². The normalized spacial score (nSPS) is 11.8. The van der Waals surface area contributed by atoms with Crippen molar-refractivity contribution in [3.05, 3.63) is 65.0 Å². The number of thiophene rings is 1. The average molecular weight is 382 g/mol. The third-order valence-electron chi connectivity index (χ3n) is 3.57. The highest BCUT2D eigenvalue weighted by atomic mass is 32.2. The predicted octanol–water partition coefficient (Wildman–Crippen LogP) is 4.25. The summed E-state index contributed by atoms with van der Waals surface area (Å²) in [5.74, 6) is -4.16. The summed E-state index contributed by atoms with van der Waals surface area (Å²) in [5.41, 5.74) is 0.957. The highest BCUT2D eigenvalue weighted by molar-refractivity contribution is 7.91. The Morgan fingerprint density at radius 1 is 1.08 bits per heavy atom. The summed E-state index contributed by atoms with van der Waals surface area (Å²) < 4.78 is 54.0. The van der Waals surface area contributed by atoms with Crippen LogP contribution in [0.4, 0.5) is 8.78 Å². The molecule has 0 bridgehead atoms. The van der Waals surface area contributed by atoms with Gasteiger partial charge in [-0.15, -0.1) is 11.3 Å². The highest BCUT2D eigenvalue weighted by Crippen LogP contribution is 2.26. The van der Waals surface area contributed by atoms with Gasteiger partial charge in [0.25, 0.3) is 0 Å². The van der Waals surface area contributed by atoms with Crippen molar-refractivity contribution in [2.24, 2.45) is 0 Å². The van der Waals surface area contributed by atoms with E-state index in [0.717, 1.165) is 39.9 Å². The van der Waals surface area contributed by atoms with E-state index < -0.39 is 26.5 Å². The van der Waals surface area contributed by atoms with Crippen molar-refractivity contribution < 1.29 is 26.7 Å². The maximum Gasteiger partial charge on any atom is 0.341 e. The molecule has 0 amide bonds. The molecule has 0 radical (unpaired) electrons. The first kappa shape index (κ1) is 17.5. The van der Waals surface area contributed by atoms with Crippen LogP contribution in [0.3, 0.4) is 0 Å². The number of halogens is 2. The lowest BCUT2D eigenvalue weighted by Crippen LogP contribution is -2.12. The molecule has 25 heavy (non-hydrogen) atoms. The Morgan fingerprint density at radius 2 is 1.76 bits per heavy atom. The molecule has 0 fully saturated rings. The minimum Gasteiger partial charge on any atom is -0.457 e. The van der Waals surface area contributed by atoms with Gasteiger partial charge in [-0.3, -0.25) is 0 Å². The van der Waals surface area contributed by atoms with E-state index in [1.165, 1.54) is 11.3 Å². The number of benzene rings is 2. The zero-order valence-corrected chi connectivity index (χ0v) is 14.3. The Balaban J connectivity index is 1.71. The first-order valence-electron chi connectivity index (χ1n) is 7.14. The van der Waals surface area contributed by atoms with Gasteiger partial charge in [-0.2, -0.15) is 8.78 Å². The van der Waals surface area contributed by atoms with E-state index in [9.17, 15) is 22.0 Å². The Kier molecular flexibility index (Phi) is 4.82. The van der Waals surface area contributed by atoms with Gasteiger partial charge in [0.2, 0.25) is 9.84 Å². The topological polar surface area (TPSA) is 60.4 Å². The number of carbonyl (C=O) groups excluding carboxylic acids is 1. The van der Waals surface area contributed by atoms with Crippen LogP contribution in [0.25, 0.3) is 10.1 Å². The van der Waals surface area contributed by atoms with E-state index in [-0.39, 0.29) is 12.2 Å². The minimum atomic E-state index is -4.68. The average Bonchev–Trinajstić information content (AvgIpc) is 3.03. The van der Waals surface area contributed by atoms with Crippen LogP contribution in [0.1, 0.15) is 15.9 Å². The SMILES string of the molecule is O=C(OCc1csc2ccccc12)c1ccc(S(=O)(=O)C(F)F)cc1. The smallest absolute Gasteiger partial charge is 0.341 e. The lowest BCUT2D eigenvalue weighted by atomic mass is 10.2. The summed E-state index contributed by atoms with van der Waals surface area (Å²) in [5, 5.41) is 2.90. The van der Waals surface area contributed by atoms with Crippen LogP contribution in [0.5, 0.6) is 0 Å². The number of ether oxygens (including phenoxy) is 1. The van der Waals surface area contributed by atoms with Gasteiger partial charge >= 0.3 is 11.7 Å². The van der Waals surface area contributed by atoms with Crippen molar-refractivity contribution in [3.63, 3.8) is 0 Å². The number of carbonyl (C=O) groups is 1. The number of sulfone groups is 1. The lowest BCUT2D eigenvalue weighted by Gasteiger charge is -2.06. The molecule has 8 heteroatoms. The Hall–Kier alpha value is -2.32. The van der Waals surface area contributed by atoms with Crippen LogP contribution in [0.2, 0.25) is 0 Å². The molecular weight excluding hydrogens is 370 g/mol. The van der Waals surface area contributed by atoms with E-state index in [1.54, 1.807) is 0 Å². The Labute approximate surface area is 146 Å². The molecule has 0 N–H and O–H groups in total. The van der Waals surface area contributed by atoms with Crippen LogP contribution in [-0.4, -0.2) is 20.1 Å². The molecule has 0 saturated carbocycles. The zero-order chi connectivity index (χ0) is 18.0. The minimum absolute atomic E-state index is 0.0694. The number of esters is 1. The second-order valence-electron chi connectivity index (χ2n) is 5.16. The summed E-state index contributed by atoms with van der Waals surface area (Å²) in [6.07, 6.45) is 0. The third kappa shape index (κ3) is 3.54. The molecule has 4 nitrogen and oxygen atoms in total. The molecule has 2 aromatic carbocycles. The molecule has 1 aromatic heterocycles. The summed E-state index contributed by atoms with van der Waals surface area (Å²) in [7, 11) is -4.68. The van der Waals surface area contributed by atoms with E-state index in [0.29, 0.717) is 0 Å². The standard InChI is InChI=1S/C17H12F2O4S2/c18-17(19)25(21,22)13-7-5-11(6-8-13)16(20)23-9-12-10-24-15-4-2-1-3-14(12)15/h1-8,10,17H,9H2. The van der Waals surface area contributed by atoms with Crippen LogP contribution < -0.4 is 0 Å². The largest absolute Gasteiger partial charge is 0.457 e. The second kappa shape index (κ2) is 6.89. The molecule has 3 rings (SSSR count). The van der Waals surface area contributed by atoms with Crippen molar-refractivity contribution in [2.45, 2.75) is 17.3 Å². The fourth-order valence-corrected chi connectivity index (χ4v) is 3.92. The van der Waals surface area contributed by atoms with Gasteiger partial charge in [0.05, 0.1) is 10.5 Å². The van der Waals surface area contributed by atoms with Crippen molar-refractivity contribution in [1.29, 1.82) is 0 Å². The van der Waals surface area contributed by atoms with E-state index in [4.69, 9.17) is 4.74 Å².